The van der Waals surface area contributed by atoms with Crippen LogP contribution in [-0.4, -0.2) is 54.1 Å². The van der Waals surface area contributed by atoms with E-state index in [1.807, 2.05) is 6.07 Å². The van der Waals surface area contributed by atoms with Crippen molar-refractivity contribution in [2.75, 3.05) is 27.2 Å². The maximum Gasteiger partial charge on any atom is 0.335 e. The molecule has 0 spiro atoms. The van der Waals surface area contributed by atoms with Crippen molar-refractivity contribution in [3.63, 3.8) is 0 Å². The van der Waals surface area contributed by atoms with Crippen LogP contribution >= 0.6 is 15.9 Å². The molecule has 0 radical (unpaired) electrons. The van der Waals surface area contributed by atoms with Gasteiger partial charge < -0.3 is 10.0 Å². The molecule has 1 aromatic carbocycles. The number of carboxylic acids is 1. The summed E-state index contributed by atoms with van der Waals surface area (Å²) in [7, 11) is 4.14. The van der Waals surface area contributed by atoms with Crippen LogP contribution < -0.4 is 0 Å². The Bertz CT molecular complexity index is 463. The number of carbonyl (C=O) groups is 1. The predicted molar refractivity (Wildman–Crippen MR) is 85.2 cm³/mol. The Labute approximate surface area is 129 Å². The molecule has 0 amide bonds. The quantitative estimate of drug-likeness (QED) is 0.827. The molecule has 1 atom stereocenters. The van der Waals surface area contributed by atoms with Gasteiger partial charge in [-0.1, -0.05) is 28.9 Å². The van der Waals surface area contributed by atoms with Crippen LogP contribution in [0.3, 0.4) is 0 Å². The lowest BCUT2D eigenvalue weighted by Gasteiger charge is -2.30. The first-order chi connectivity index (χ1) is 9.35. The first kappa shape index (κ1) is 17.1. The van der Waals surface area contributed by atoms with Crippen molar-refractivity contribution in [1.29, 1.82) is 0 Å². The molecular weight excluding hydrogens is 320 g/mol. The standard InChI is InChI=1S/C15H23BrN2O2/c1-5-18(11(2)9-17(3)4)10-13-7-6-12(15(19)20)8-14(13)16/h6-8,11H,5,9-10H2,1-4H3,(H,19,20). The largest absolute Gasteiger partial charge is 0.478 e. The number of halogens is 1. The van der Waals surface area contributed by atoms with Crippen molar-refractivity contribution < 1.29 is 9.90 Å². The van der Waals surface area contributed by atoms with Gasteiger partial charge >= 0.3 is 5.97 Å². The topological polar surface area (TPSA) is 43.8 Å². The number of carboxylic acid groups (broad SMARTS) is 1. The number of rotatable bonds is 7. The zero-order chi connectivity index (χ0) is 15.3. The summed E-state index contributed by atoms with van der Waals surface area (Å²) in [6, 6.07) is 5.66. The molecule has 0 saturated heterocycles. The number of benzene rings is 1. The maximum absolute atomic E-state index is 10.9. The Balaban J connectivity index is 2.82. The van der Waals surface area contributed by atoms with Crippen molar-refractivity contribution in [3.8, 4) is 0 Å². The van der Waals surface area contributed by atoms with E-state index in [2.05, 4.69) is 53.7 Å². The van der Waals surface area contributed by atoms with Crippen LogP contribution in [0.2, 0.25) is 0 Å². The van der Waals surface area contributed by atoms with Gasteiger partial charge in [-0.25, -0.2) is 4.79 Å². The number of hydrogen-bond donors (Lipinski definition) is 1. The van der Waals surface area contributed by atoms with Gasteiger partial charge in [0, 0.05) is 23.6 Å². The summed E-state index contributed by atoms with van der Waals surface area (Å²) in [5, 5.41) is 8.98. The summed E-state index contributed by atoms with van der Waals surface area (Å²) in [4.78, 5) is 15.5. The van der Waals surface area contributed by atoms with E-state index in [1.165, 1.54) is 0 Å². The summed E-state index contributed by atoms with van der Waals surface area (Å²) in [6.07, 6.45) is 0. The highest BCUT2D eigenvalue weighted by Gasteiger charge is 2.15. The second kappa shape index (κ2) is 7.76. The first-order valence-electron chi connectivity index (χ1n) is 6.75. The molecule has 0 fully saturated rings. The van der Waals surface area contributed by atoms with Crippen molar-refractivity contribution in [1.82, 2.24) is 9.80 Å². The Morgan fingerprint density at radius 1 is 1.40 bits per heavy atom. The fourth-order valence-electron chi connectivity index (χ4n) is 2.25. The lowest BCUT2D eigenvalue weighted by molar-refractivity contribution is 0.0696. The molecule has 20 heavy (non-hydrogen) atoms. The lowest BCUT2D eigenvalue weighted by atomic mass is 10.1. The normalized spacial score (nSPS) is 12.9. The van der Waals surface area contributed by atoms with Gasteiger partial charge in [-0.05, 0) is 45.3 Å². The van der Waals surface area contributed by atoms with Crippen LogP contribution in [0.1, 0.15) is 29.8 Å². The molecule has 0 aromatic heterocycles. The minimum Gasteiger partial charge on any atom is -0.478 e. The van der Waals surface area contributed by atoms with Crippen LogP contribution in [0.4, 0.5) is 0 Å². The van der Waals surface area contributed by atoms with E-state index in [9.17, 15) is 4.79 Å². The van der Waals surface area contributed by atoms with Crippen LogP contribution in [0.15, 0.2) is 22.7 Å². The van der Waals surface area contributed by atoms with Gasteiger partial charge in [0.2, 0.25) is 0 Å². The third-order valence-electron chi connectivity index (χ3n) is 3.33. The molecule has 0 aliphatic heterocycles. The summed E-state index contributed by atoms with van der Waals surface area (Å²) in [5.74, 6) is -0.898. The highest BCUT2D eigenvalue weighted by Crippen LogP contribution is 2.21. The number of hydrogen-bond acceptors (Lipinski definition) is 3. The molecule has 0 aliphatic rings. The SMILES string of the molecule is CCN(Cc1ccc(C(=O)O)cc1Br)C(C)CN(C)C. The Kier molecular flexibility index (Phi) is 6.65. The summed E-state index contributed by atoms with van der Waals surface area (Å²) < 4.78 is 0.855. The molecule has 1 N–H and O–H groups in total. The second-order valence-corrected chi connectivity index (χ2v) is 6.14. The average molecular weight is 343 g/mol. The fraction of sp³-hybridized carbons (Fsp3) is 0.533. The Hall–Kier alpha value is -0.910. The van der Waals surface area contributed by atoms with Crippen LogP contribution in [-0.2, 0) is 6.54 Å². The summed E-state index contributed by atoms with van der Waals surface area (Å²) in [5.41, 5.74) is 1.42. The molecule has 1 aromatic rings. The Morgan fingerprint density at radius 3 is 2.50 bits per heavy atom. The molecule has 0 saturated carbocycles. The van der Waals surface area contributed by atoms with Gasteiger partial charge in [0.1, 0.15) is 0 Å². The Morgan fingerprint density at radius 2 is 2.05 bits per heavy atom. The van der Waals surface area contributed by atoms with Crippen molar-refractivity contribution in [2.24, 2.45) is 0 Å². The molecule has 112 valence electrons. The highest BCUT2D eigenvalue weighted by atomic mass is 79.9. The first-order valence-corrected chi connectivity index (χ1v) is 7.55. The van der Waals surface area contributed by atoms with E-state index in [0.717, 1.165) is 29.7 Å². The van der Waals surface area contributed by atoms with Crippen molar-refractivity contribution in [2.45, 2.75) is 26.4 Å². The molecule has 1 unspecified atom stereocenters. The van der Waals surface area contributed by atoms with E-state index in [0.29, 0.717) is 11.6 Å². The molecule has 5 heteroatoms. The molecule has 1 rings (SSSR count). The average Bonchev–Trinajstić information content (AvgIpc) is 2.36. The third kappa shape index (κ3) is 4.89. The van der Waals surface area contributed by atoms with Gasteiger partial charge in [0.05, 0.1) is 5.56 Å². The zero-order valence-electron chi connectivity index (χ0n) is 12.6. The van der Waals surface area contributed by atoms with E-state index in [4.69, 9.17) is 5.11 Å². The number of likely N-dealkylation sites (N-methyl/N-ethyl adjacent to an activating group) is 2. The van der Waals surface area contributed by atoms with E-state index in [1.54, 1.807) is 12.1 Å². The summed E-state index contributed by atoms with van der Waals surface area (Å²) >= 11 is 3.47. The molecule has 0 heterocycles. The molecular formula is C15H23BrN2O2. The van der Waals surface area contributed by atoms with Gasteiger partial charge in [-0.15, -0.1) is 0 Å². The molecule has 0 aliphatic carbocycles. The maximum atomic E-state index is 10.9. The van der Waals surface area contributed by atoms with E-state index >= 15 is 0 Å². The predicted octanol–water partition coefficient (Wildman–Crippen LogP) is 2.92. The van der Waals surface area contributed by atoms with Gasteiger partial charge in [0.15, 0.2) is 0 Å². The highest BCUT2D eigenvalue weighted by molar-refractivity contribution is 9.10. The summed E-state index contributed by atoms with van der Waals surface area (Å²) in [6.45, 7) is 7.13. The van der Waals surface area contributed by atoms with Gasteiger partial charge in [-0.3, -0.25) is 4.90 Å². The number of aromatic carboxylic acids is 1. The fourth-order valence-corrected chi connectivity index (χ4v) is 2.75. The minimum absolute atomic E-state index is 0.310. The van der Waals surface area contributed by atoms with Crippen LogP contribution in [0.25, 0.3) is 0 Å². The van der Waals surface area contributed by atoms with Gasteiger partial charge in [-0.2, -0.15) is 0 Å². The van der Waals surface area contributed by atoms with Crippen LogP contribution in [0, 0.1) is 0 Å². The van der Waals surface area contributed by atoms with E-state index in [-0.39, 0.29) is 0 Å². The van der Waals surface area contributed by atoms with Crippen LogP contribution in [0.5, 0.6) is 0 Å². The molecule has 0 bridgehead atoms. The van der Waals surface area contributed by atoms with Crippen molar-refractivity contribution >= 4 is 21.9 Å². The smallest absolute Gasteiger partial charge is 0.335 e. The zero-order valence-corrected chi connectivity index (χ0v) is 14.1. The lowest BCUT2D eigenvalue weighted by Crippen LogP contribution is -2.39. The second-order valence-electron chi connectivity index (χ2n) is 5.29. The minimum atomic E-state index is -0.898. The monoisotopic (exact) mass is 342 g/mol. The van der Waals surface area contributed by atoms with E-state index < -0.39 is 5.97 Å². The molecule has 4 nitrogen and oxygen atoms in total. The number of nitrogens with zero attached hydrogens (tertiary/aromatic N) is 2. The van der Waals surface area contributed by atoms with Crippen molar-refractivity contribution in [3.05, 3.63) is 33.8 Å². The third-order valence-corrected chi connectivity index (χ3v) is 4.07. The van der Waals surface area contributed by atoms with Gasteiger partial charge in [0.25, 0.3) is 0 Å².